The van der Waals surface area contributed by atoms with Crippen LogP contribution in [0.25, 0.3) is 0 Å². The molecule has 38 heavy (non-hydrogen) atoms. The Bertz CT molecular complexity index is 1120. The second-order valence-corrected chi connectivity index (χ2v) is 10.9. The van der Waals surface area contributed by atoms with Gasteiger partial charge in [-0.15, -0.1) is 0 Å². The van der Waals surface area contributed by atoms with Crippen molar-refractivity contribution in [3.63, 3.8) is 0 Å². The highest BCUT2D eigenvalue weighted by Gasteiger charge is 2.35. The molecule has 3 N–H and O–H groups in total. The van der Waals surface area contributed by atoms with E-state index in [0.717, 1.165) is 61.3 Å². The van der Waals surface area contributed by atoms with E-state index in [-0.39, 0.29) is 24.8 Å². The number of amides is 1. The van der Waals surface area contributed by atoms with E-state index < -0.39 is 6.10 Å². The molecule has 3 aliphatic rings. The van der Waals surface area contributed by atoms with E-state index in [1.54, 1.807) is 11.9 Å². The van der Waals surface area contributed by atoms with Crippen LogP contribution < -0.4 is 10.5 Å². The molecule has 3 atom stereocenters. The molecule has 0 aromatic heterocycles. The van der Waals surface area contributed by atoms with Crippen LogP contribution in [0.4, 0.5) is 10.5 Å². The number of likely N-dealkylation sites (N-methyl/N-ethyl adjacent to an activating group) is 1. The van der Waals surface area contributed by atoms with Gasteiger partial charge in [0.15, 0.2) is 5.96 Å². The third-order valence-electron chi connectivity index (χ3n) is 8.35. The summed E-state index contributed by atoms with van der Waals surface area (Å²) in [6, 6.07) is 15.3. The number of hydrogen-bond acceptors (Lipinski definition) is 7. The summed E-state index contributed by atoms with van der Waals surface area (Å²) in [6.07, 6.45) is 8.38. The summed E-state index contributed by atoms with van der Waals surface area (Å²) in [4.78, 5) is 21.5. The molecule has 0 bridgehead atoms. The normalized spacial score (nSPS) is 22.7. The van der Waals surface area contributed by atoms with Crippen molar-refractivity contribution in [1.82, 2.24) is 9.80 Å². The molecule has 2 fully saturated rings. The highest BCUT2D eigenvalue weighted by Crippen LogP contribution is 2.36. The fourth-order valence-corrected chi connectivity index (χ4v) is 6.16. The number of aliphatic imine (C=N–C) groups is 1. The quantitative estimate of drug-likeness (QED) is 0.496. The molecule has 204 valence electrons. The van der Waals surface area contributed by atoms with Crippen LogP contribution in [0.3, 0.4) is 0 Å². The van der Waals surface area contributed by atoms with Crippen molar-refractivity contribution in [2.75, 3.05) is 13.7 Å². The highest BCUT2D eigenvalue weighted by molar-refractivity contribution is 5.84. The molecule has 2 aromatic carbocycles. The monoisotopic (exact) mass is 520 g/mol. The van der Waals surface area contributed by atoms with Crippen LogP contribution in [0.15, 0.2) is 53.5 Å². The Balaban J connectivity index is 1.31. The molecule has 0 spiro atoms. The first-order valence-electron chi connectivity index (χ1n) is 14.0. The first kappa shape index (κ1) is 26.4. The second-order valence-electron chi connectivity index (χ2n) is 10.9. The van der Waals surface area contributed by atoms with Gasteiger partial charge in [0, 0.05) is 19.2 Å². The van der Waals surface area contributed by atoms with Crippen LogP contribution >= 0.6 is 0 Å². The number of hydrogen-bond donors (Lipinski definition) is 2. The number of aliphatic hydroxyl groups excluding tert-OH is 1. The summed E-state index contributed by atoms with van der Waals surface area (Å²) in [5.74, 6) is 2.35. The lowest BCUT2D eigenvalue weighted by Crippen LogP contribution is -2.52. The number of nitrogens with two attached hydrogens (primary N) is 1. The van der Waals surface area contributed by atoms with E-state index >= 15 is 0 Å². The Hall–Kier alpha value is -3.26. The molecule has 8 nitrogen and oxygen atoms in total. The zero-order chi connectivity index (χ0) is 26.5. The van der Waals surface area contributed by atoms with Crippen molar-refractivity contribution in [3.8, 4) is 11.5 Å². The number of fused-ring (bicyclic) bond motifs is 1. The maximum atomic E-state index is 13.1. The molecule has 0 radical (unpaired) electrons. The van der Waals surface area contributed by atoms with E-state index in [1.807, 2.05) is 48.5 Å². The Labute approximate surface area is 225 Å². The van der Waals surface area contributed by atoms with Gasteiger partial charge in [-0.3, -0.25) is 0 Å². The molecule has 1 amide bonds. The predicted molar refractivity (Wildman–Crippen MR) is 148 cm³/mol. The highest BCUT2D eigenvalue weighted by atomic mass is 16.6. The van der Waals surface area contributed by atoms with Crippen LogP contribution in [0.5, 0.6) is 11.5 Å². The first-order chi connectivity index (χ1) is 18.5. The number of guanidine groups is 1. The van der Waals surface area contributed by atoms with Gasteiger partial charge in [-0.1, -0.05) is 50.3 Å². The van der Waals surface area contributed by atoms with Crippen molar-refractivity contribution < 1.29 is 19.4 Å². The fraction of sp³-hybridized carbons (Fsp3) is 0.533. The SMILES string of the molecule is CN(C(=O)OCC(C1CCCCC1)N1Cc2cc(Oc3ccccc3)ccc2N=C1N)C1CCCCC1O. The molecule has 3 unspecified atom stereocenters. The van der Waals surface area contributed by atoms with Crippen molar-refractivity contribution in [2.24, 2.45) is 16.6 Å². The van der Waals surface area contributed by atoms with Crippen LogP contribution in [-0.4, -0.2) is 58.8 Å². The Morgan fingerprint density at radius 2 is 1.79 bits per heavy atom. The third-order valence-corrected chi connectivity index (χ3v) is 8.35. The van der Waals surface area contributed by atoms with Crippen molar-refractivity contribution in [1.29, 1.82) is 0 Å². The summed E-state index contributed by atoms with van der Waals surface area (Å²) in [7, 11) is 1.73. The smallest absolute Gasteiger partial charge is 0.409 e. The summed E-state index contributed by atoms with van der Waals surface area (Å²) in [5.41, 5.74) is 8.39. The molecule has 1 aliphatic heterocycles. The molecule has 1 heterocycles. The molecular formula is C30H40N4O4. The Kier molecular flexibility index (Phi) is 8.37. The average Bonchev–Trinajstić information content (AvgIpc) is 2.94. The molecule has 2 aliphatic carbocycles. The number of para-hydroxylation sites is 1. The molecule has 2 saturated carbocycles. The number of rotatable bonds is 7. The third kappa shape index (κ3) is 6.07. The van der Waals surface area contributed by atoms with Gasteiger partial charge in [-0.05, 0) is 61.9 Å². The molecule has 8 heteroatoms. The first-order valence-corrected chi connectivity index (χ1v) is 14.0. The minimum absolute atomic E-state index is 0.0699. The zero-order valence-electron chi connectivity index (χ0n) is 22.3. The molecule has 0 saturated heterocycles. The van der Waals surface area contributed by atoms with Crippen LogP contribution in [0.1, 0.15) is 63.4 Å². The Morgan fingerprint density at radius 1 is 1.05 bits per heavy atom. The lowest BCUT2D eigenvalue weighted by atomic mass is 9.83. The minimum atomic E-state index is -0.496. The van der Waals surface area contributed by atoms with E-state index in [9.17, 15) is 9.90 Å². The van der Waals surface area contributed by atoms with Gasteiger partial charge >= 0.3 is 6.09 Å². The standard InChI is InChI=1S/C30H40N4O4/c1-33(26-14-8-9-15-28(26)35)30(36)37-20-27(21-10-4-2-5-11-21)34-19-22-18-24(16-17-25(22)32-29(34)31)38-23-12-6-3-7-13-23/h3,6-7,12-13,16-18,21,26-28,35H,2,4-5,8-11,14-15,19-20H2,1H3,(H2,31,32). The van der Waals surface area contributed by atoms with Gasteiger partial charge in [0.1, 0.15) is 18.1 Å². The lowest BCUT2D eigenvalue weighted by Gasteiger charge is -2.41. The summed E-state index contributed by atoms with van der Waals surface area (Å²) >= 11 is 0. The van der Waals surface area contributed by atoms with Crippen LogP contribution in [-0.2, 0) is 11.3 Å². The lowest BCUT2D eigenvalue weighted by molar-refractivity contribution is 0.0119. The van der Waals surface area contributed by atoms with Gasteiger partial charge in [0.05, 0.1) is 23.9 Å². The van der Waals surface area contributed by atoms with Crippen molar-refractivity contribution >= 4 is 17.7 Å². The number of ether oxygens (including phenoxy) is 2. The maximum absolute atomic E-state index is 13.1. The van der Waals surface area contributed by atoms with Gasteiger partial charge in [0.25, 0.3) is 0 Å². The number of carbonyl (C=O) groups excluding carboxylic acids is 1. The van der Waals surface area contributed by atoms with Gasteiger partial charge in [0.2, 0.25) is 0 Å². The van der Waals surface area contributed by atoms with Gasteiger partial charge in [-0.25, -0.2) is 9.79 Å². The van der Waals surface area contributed by atoms with E-state index in [4.69, 9.17) is 20.2 Å². The summed E-state index contributed by atoms with van der Waals surface area (Å²) < 4.78 is 12.0. The van der Waals surface area contributed by atoms with Crippen LogP contribution in [0.2, 0.25) is 0 Å². The predicted octanol–water partition coefficient (Wildman–Crippen LogP) is 5.56. The maximum Gasteiger partial charge on any atom is 0.409 e. The molecule has 2 aromatic rings. The van der Waals surface area contributed by atoms with Crippen molar-refractivity contribution in [2.45, 2.75) is 82.5 Å². The van der Waals surface area contributed by atoms with E-state index in [1.165, 1.54) is 19.3 Å². The number of benzene rings is 2. The topological polar surface area (TPSA) is 101 Å². The fourth-order valence-electron chi connectivity index (χ4n) is 6.16. The van der Waals surface area contributed by atoms with E-state index in [0.29, 0.717) is 18.4 Å². The van der Waals surface area contributed by atoms with Gasteiger partial charge < -0.3 is 30.1 Å². The van der Waals surface area contributed by atoms with Gasteiger partial charge in [-0.2, -0.15) is 0 Å². The minimum Gasteiger partial charge on any atom is -0.457 e. The largest absolute Gasteiger partial charge is 0.457 e. The van der Waals surface area contributed by atoms with Crippen LogP contribution in [0, 0.1) is 5.92 Å². The molecular weight excluding hydrogens is 480 g/mol. The number of aliphatic hydroxyl groups is 1. The number of nitrogens with zero attached hydrogens (tertiary/aromatic N) is 3. The summed E-state index contributed by atoms with van der Waals surface area (Å²) in [6.45, 7) is 0.814. The van der Waals surface area contributed by atoms with Crippen molar-refractivity contribution in [3.05, 3.63) is 54.1 Å². The Morgan fingerprint density at radius 3 is 2.55 bits per heavy atom. The number of carbonyl (C=O) groups is 1. The summed E-state index contributed by atoms with van der Waals surface area (Å²) in [5, 5.41) is 10.4. The second kappa shape index (κ2) is 12.1. The average molecular weight is 521 g/mol. The van der Waals surface area contributed by atoms with E-state index in [2.05, 4.69) is 4.90 Å². The molecule has 5 rings (SSSR count). The zero-order valence-corrected chi connectivity index (χ0v) is 22.3.